The summed E-state index contributed by atoms with van der Waals surface area (Å²) in [5, 5.41) is 56.9. The summed E-state index contributed by atoms with van der Waals surface area (Å²) in [4.78, 5) is 50.5. The van der Waals surface area contributed by atoms with E-state index in [2.05, 4.69) is 39.8 Å². The SMILES string of the molecule is CC[C@H]1C2=CC3=NC(=C(CC(=O)OC)C4=NC(=CC5=C(C)/C(=C(/C)[O-])C(=N5)C=C(N2)[C@@H]1C)[C@@H](C)[C@@H]4CCC(=O)NCCCCNc1ccccn1)C(C([O-])=NCC(O)CO)=C3C.[Pd+2]. The molecule has 1 saturated heterocycles. The zero-order valence-electron chi connectivity index (χ0n) is 37.0. The molecule has 15 nitrogen and oxygen atoms in total. The van der Waals surface area contributed by atoms with Crippen molar-refractivity contribution in [1.29, 1.82) is 0 Å². The van der Waals surface area contributed by atoms with Crippen LogP contribution in [0.4, 0.5) is 5.82 Å². The van der Waals surface area contributed by atoms with Crippen LogP contribution in [-0.4, -0.2) is 89.6 Å². The summed E-state index contributed by atoms with van der Waals surface area (Å²) in [5.74, 6) is -1.33. The van der Waals surface area contributed by atoms with Crippen LogP contribution in [-0.2, 0) is 34.7 Å². The molecule has 0 spiro atoms. The van der Waals surface area contributed by atoms with Gasteiger partial charge >= 0.3 is 26.4 Å². The zero-order valence-corrected chi connectivity index (χ0v) is 38.5. The fourth-order valence-electron chi connectivity index (χ4n) is 8.63. The predicted octanol–water partition coefficient (Wildman–Crippen LogP) is 3.87. The number of fused-ring (bicyclic) bond motifs is 5. The van der Waals surface area contributed by atoms with Crippen molar-refractivity contribution in [3.8, 4) is 0 Å². The van der Waals surface area contributed by atoms with Crippen LogP contribution in [0, 0.1) is 23.7 Å². The Balaban J connectivity index is 0.00000748. The number of aromatic nitrogens is 1. The molecule has 5 aliphatic heterocycles. The Morgan fingerprint density at radius 3 is 2.41 bits per heavy atom. The van der Waals surface area contributed by atoms with Crippen LogP contribution >= 0.6 is 0 Å². The van der Waals surface area contributed by atoms with Crippen molar-refractivity contribution < 1.29 is 55.2 Å². The Morgan fingerprint density at radius 2 is 1.73 bits per heavy atom. The number of allylic oxidation sites excluding steroid dienone is 10. The number of pyridine rings is 1. The van der Waals surface area contributed by atoms with Crippen LogP contribution in [0.15, 0.2) is 125 Å². The average molecular weight is 953 g/mol. The molecule has 1 unspecified atom stereocenters. The van der Waals surface area contributed by atoms with Gasteiger partial charge in [0.15, 0.2) is 0 Å². The summed E-state index contributed by atoms with van der Waals surface area (Å²) in [6.07, 6.45) is 8.80. The van der Waals surface area contributed by atoms with E-state index in [1.807, 2.05) is 50.3 Å². The van der Waals surface area contributed by atoms with E-state index in [0.717, 1.165) is 36.5 Å². The smallest absolute Gasteiger partial charge is 0.875 e. The first kappa shape index (κ1) is 48.8. The van der Waals surface area contributed by atoms with Crippen molar-refractivity contribution in [2.45, 2.75) is 86.2 Å². The molecule has 6 rings (SSSR count). The third-order valence-electron chi connectivity index (χ3n) is 12.2. The van der Waals surface area contributed by atoms with E-state index in [1.165, 1.54) is 14.0 Å². The van der Waals surface area contributed by atoms with Crippen molar-refractivity contribution in [2.75, 3.05) is 38.7 Å². The van der Waals surface area contributed by atoms with E-state index in [9.17, 15) is 30.0 Å². The maximum atomic E-state index is 14.1. The number of hydrogen-bond acceptors (Lipinski definition) is 14. The Kier molecular flexibility index (Phi) is 16.9. The van der Waals surface area contributed by atoms with Gasteiger partial charge in [0.25, 0.3) is 0 Å². The quantitative estimate of drug-likeness (QED) is 0.0402. The minimum absolute atomic E-state index is 0. The molecule has 0 aromatic carbocycles. The van der Waals surface area contributed by atoms with E-state index in [4.69, 9.17) is 19.7 Å². The molecule has 5 N–H and O–H groups in total. The third-order valence-corrected chi connectivity index (χ3v) is 12.2. The molecule has 0 radical (unpaired) electrons. The topological polar surface area (TPSA) is 228 Å². The summed E-state index contributed by atoms with van der Waals surface area (Å²) >= 11 is 0. The number of carbonyl (C=O) groups is 2. The van der Waals surface area contributed by atoms with Gasteiger partial charge in [-0.2, -0.15) is 0 Å². The number of rotatable bonds is 16. The van der Waals surface area contributed by atoms with Gasteiger partial charge < -0.3 is 41.1 Å². The number of anilines is 1. The number of unbranched alkanes of at least 4 members (excludes halogenated alkanes) is 1. The van der Waals surface area contributed by atoms with Gasteiger partial charge in [-0.3, -0.25) is 19.6 Å². The average Bonchev–Trinajstić information content (AvgIpc) is 3.95. The normalized spacial score (nSPS) is 23.2. The van der Waals surface area contributed by atoms with E-state index >= 15 is 0 Å². The van der Waals surface area contributed by atoms with Gasteiger partial charge in [0.2, 0.25) is 5.91 Å². The van der Waals surface area contributed by atoms with E-state index in [-0.39, 0.29) is 80.5 Å². The van der Waals surface area contributed by atoms with E-state index in [1.54, 1.807) is 13.1 Å². The number of aliphatic hydroxyl groups excluding tert-OH is 2. The maximum Gasteiger partial charge on any atom is 2.00 e. The van der Waals surface area contributed by atoms with Gasteiger partial charge in [0.05, 0.1) is 61.3 Å². The number of nitrogens with zero attached hydrogens (tertiary/aromatic N) is 5. The first-order chi connectivity index (χ1) is 29.8. The summed E-state index contributed by atoms with van der Waals surface area (Å²) in [5.41, 5.74) is 6.93. The van der Waals surface area contributed by atoms with Gasteiger partial charge in [-0.1, -0.05) is 33.8 Å². The number of methoxy groups -OCH3 is 1. The zero-order chi connectivity index (χ0) is 44.7. The number of aliphatic hydroxyl groups is 2. The molecule has 1 fully saturated rings. The number of hydrogen-bond donors (Lipinski definition) is 5. The van der Waals surface area contributed by atoms with Crippen LogP contribution in [0.2, 0.25) is 0 Å². The Labute approximate surface area is 383 Å². The van der Waals surface area contributed by atoms with Gasteiger partial charge in [0.1, 0.15) is 5.82 Å². The largest absolute Gasteiger partial charge is 2.00 e. The second kappa shape index (κ2) is 21.9. The van der Waals surface area contributed by atoms with Crippen molar-refractivity contribution in [3.63, 3.8) is 0 Å². The summed E-state index contributed by atoms with van der Waals surface area (Å²) in [7, 11) is 1.29. The second-order valence-corrected chi connectivity index (χ2v) is 16.3. The third kappa shape index (κ3) is 11.1. The molecule has 5 atom stereocenters. The molecule has 1 aromatic rings. The Morgan fingerprint density at radius 1 is 0.984 bits per heavy atom. The van der Waals surface area contributed by atoms with Crippen molar-refractivity contribution in [2.24, 2.45) is 43.6 Å². The molecular formula is C47H58N8O7Pd. The van der Waals surface area contributed by atoms with Gasteiger partial charge in [0, 0.05) is 77.6 Å². The summed E-state index contributed by atoms with van der Waals surface area (Å²) in [6.45, 7) is 11.7. The first-order valence-corrected chi connectivity index (χ1v) is 21.5. The van der Waals surface area contributed by atoms with E-state index in [0.29, 0.717) is 70.3 Å². The fourth-order valence-corrected chi connectivity index (χ4v) is 8.63. The fraction of sp³-hybridized carbons (Fsp3) is 0.468. The molecule has 6 heterocycles. The van der Waals surface area contributed by atoms with Crippen LogP contribution in [0.5, 0.6) is 0 Å². The molecule has 1 amide bonds. The van der Waals surface area contributed by atoms with Crippen molar-refractivity contribution in [1.82, 2.24) is 15.6 Å². The second-order valence-electron chi connectivity index (χ2n) is 16.3. The molecule has 0 aliphatic carbocycles. The molecule has 1 aromatic heterocycles. The van der Waals surface area contributed by atoms with E-state index < -0.39 is 30.5 Å². The minimum atomic E-state index is -1.25. The van der Waals surface area contributed by atoms with Crippen LogP contribution in [0.1, 0.15) is 80.1 Å². The standard InChI is InChI=1S/C47H60N8O7.Pd/c1-8-31-25(2)34-22-39-43(29(6)57)27(4)36(53-39)20-35-26(3)32(14-15-41(59)50-18-12-11-17-49-40-13-9-10-16-48-40)45(54-35)33(19-42(60)62-7)46-44(47(61)51-23-30(58)24-56)28(5)37(55-46)21-38(31)52-34;/h9-10,13,16,20-22,25-26,30-32,52,56-58H,8,11-12,14-15,17-19,23-24H2,1-7H3,(H,48,49)(H,50,59)(H,51,61);/q;+2/p-2/b34-22?,35-20?,38-21?,43-29+,46-33?;/t25-,26+,30?,31-,32+;/m1./s1. The number of esters is 1. The molecule has 0 saturated carbocycles. The van der Waals surface area contributed by atoms with Gasteiger partial charge in [-0.05, 0) is 92.5 Å². The van der Waals surface area contributed by atoms with Gasteiger partial charge in [-0.15, -0.1) is 5.76 Å². The first-order valence-electron chi connectivity index (χ1n) is 21.5. The molecule has 338 valence electrons. The molecule has 8 bridgehead atoms. The van der Waals surface area contributed by atoms with Crippen LogP contribution in [0.3, 0.4) is 0 Å². The predicted molar refractivity (Wildman–Crippen MR) is 237 cm³/mol. The number of amides is 1. The molecule has 16 heteroatoms. The monoisotopic (exact) mass is 952 g/mol. The molecule has 5 aliphatic rings. The maximum absolute atomic E-state index is 14.1. The molecule has 63 heavy (non-hydrogen) atoms. The Hall–Kier alpha value is -5.27. The summed E-state index contributed by atoms with van der Waals surface area (Å²) < 4.78 is 5.21. The molecular weight excluding hydrogens is 895 g/mol. The minimum Gasteiger partial charge on any atom is -0.875 e. The van der Waals surface area contributed by atoms with Crippen LogP contribution in [0.25, 0.3) is 0 Å². The van der Waals surface area contributed by atoms with Crippen molar-refractivity contribution >= 4 is 40.7 Å². The number of carbonyl (C=O) groups excluding carboxylic acids is 2. The number of nitrogens with one attached hydrogen (secondary N) is 3. The number of ether oxygens (including phenoxy) is 1. The summed E-state index contributed by atoms with van der Waals surface area (Å²) in [6, 6.07) is 5.68. The Bertz CT molecular complexity index is 2300. The number of aliphatic imine (C=N–C) groups is 4. The van der Waals surface area contributed by atoms with Gasteiger partial charge in [-0.25, -0.2) is 15.0 Å². The van der Waals surface area contributed by atoms with Crippen LogP contribution < -0.4 is 26.2 Å². The van der Waals surface area contributed by atoms with Crippen molar-refractivity contribution in [3.05, 3.63) is 105 Å².